The van der Waals surface area contributed by atoms with Crippen LogP contribution in [0, 0.1) is 11.7 Å². The van der Waals surface area contributed by atoms with Crippen molar-refractivity contribution in [2.75, 3.05) is 0 Å². The molecule has 0 bridgehead atoms. The number of alkyl halides is 3. The van der Waals surface area contributed by atoms with Gasteiger partial charge in [0.05, 0.1) is 5.56 Å². The number of hydrogen-bond acceptors (Lipinski definition) is 2. The number of carbonyl (C=O) groups is 1. The third kappa shape index (κ3) is 9.58. The molecule has 34 heavy (non-hydrogen) atoms. The highest BCUT2D eigenvalue weighted by atomic mass is 19.4. The topological polar surface area (TPSA) is 26.3 Å². The average molecular weight is 487 g/mol. The summed E-state index contributed by atoms with van der Waals surface area (Å²) < 4.78 is 59.7. The zero-order chi connectivity index (χ0) is 25.0. The summed E-state index contributed by atoms with van der Waals surface area (Å²) in [5.41, 5.74) is 0.398. The molecule has 0 aromatic heterocycles. The summed E-state index contributed by atoms with van der Waals surface area (Å²) in [7, 11) is 0. The van der Waals surface area contributed by atoms with Crippen LogP contribution in [0.15, 0.2) is 18.2 Å². The molecule has 1 aliphatic rings. The summed E-state index contributed by atoms with van der Waals surface area (Å²) >= 11 is 0. The number of halogens is 4. The van der Waals surface area contributed by atoms with E-state index in [1.807, 2.05) is 0 Å². The maximum atomic E-state index is 14.7. The molecule has 2 rings (SSSR count). The molecule has 0 heterocycles. The summed E-state index contributed by atoms with van der Waals surface area (Å²) in [6.45, 7) is 4.27. The minimum atomic E-state index is -4.66. The van der Waals surface area contributed by atoms with Gasteiger partial charge in [-0.1, -0.05) is 77.7 Å². The maximum Gasteiger partial charge on any atom is 0.425 e. The van der Waals surface area contributed by atoms with Gasteiger partial charge in [-0.25, -0.2) is 9.18 Å². The lowest BCUT2D eigenvalue weighted by atomic mass is 9.77. The van der Waals surface area contributed by atoms with E-state index in [-0.39, 0.29) is 12.3 Å². The van der Waals surface area contributed by atoms with E-state index < -0.39 is 29.6 Å². The third-order valence-electron chi connectivity index (χ3n) is 7.18. The number of esters is 1. The van der Waals surface area contributed by atoms with Crippen LogP contribution in [0.4, 0.5) is 17.6 Å². The molecule has 0 N–H and O–H groups in total. The third-order valence-corrected chi connectivity index (χ3v) is 7.18. The van der Waals surface area contributed by atoms with Crippen molar-refractivity contribution in [3.8, 4) is 0 Å². The molecule has 0 spiro atoms. The Hall–Kier alpha value is -1.59. The zero-order valence-electron chi connectivity index (χ0n) is 20.9. The fourth-order valence-electron chi connectivity index (χ4n) is 5.01. The van der Waals surface area contributed by atoms with Gasteiger partial charge in [0.1, 0.15) is 5.82 Å². The molecule has 1 aliphatic carbocycles. The summed E-state index contributed by atoms with van der Waals surface area (Å²) in [5, 5.41) is 0. The van der Waals surface area contributed by atoms with E-state index >= 15 is 0 Å². The second-order valence-electron chi connectivity index (χ2n) is 9.94. The first-order valence-corrected chi connectivity index (χ1v) is 13.3. The summed E-state index contributed by atoms with van der Waals surface area (Å²) in [6, 6.07) is 4.28. The first kappa shape index (κ1) is 28.6. The van der Waals surface area contributed by atoms with Crippen molar-refractivity contribution >= 4 is 5.97 Å². The summed E-state index contributed by atoms with van der Waals surface area (Å²) in [4.78, 5) is 12.4. The zero-order valence-corrected chi connectivity index (χ0v) is 20.9. The quantitative estimate of drug-likeness (QED) is 0.149. The number of ether oxygens (including phenoxy) is 1. The van der Waals surface area contributed by atoms with Gasteiger partial charge in [-0.15, -0.1) is 0 Å². The second-order valence-corrected chi connectivity index (χ2v) is 9.94. The highest BCUT2D eigenvalue weighted by Gasteiger charge is 2.42. The maximum absolute atomic E-state index is 14.7. The van der Waals surface area contributed by atoms with Gasteiger partial charge in [0.25, 0.3) is 0 Å². The standard InChI is InChI=1S/C28H42F4O2/c1-3-5-7-8-9-11-13-26(28(30,31)32)34-27(33)24-19-18-23(20-25(24)29)22-16-14-21(15-17-22)12-10-6-4-2/h18-22,26H,3-17H2,1-2H3/t21?,22?,26-/m0/s1. The van der Waals surface area contributed by atoms with Crippen molar-refractivity contribution < 1.29 is 27.1 Å². The van der Waals surface area contributed by atoms with Crippen molar-refractivity contribution in [3.63, 3.8) is 0 Å². The molecule has 194 valence electrons. The predicted octanol–water partition coefficient (Wildman–Crippen LogP) is 9.52. The predicted molar refractivity (Wildman–Crippen MR) is 128 cm³/mol. The summed E-state index contributed by atoms with van der Waals surface area (Å²) in [6.07, 6.45) is 6.99. The number of carbonyl (C=O) groups excluding carboxylic acids is 1. The van der Waals surface area contributed by atoms with E-state index in [1.165, 1.54) is 37.8 Å². The smallest absolute Gasteiger partial charge is 0.425 e. The van der Waals surface area contributed by atoms with Crippen LogP contribution >= 0.6 is 0 Å². The van der Waals surface area contributed by atoms with E-state index in [2.05, 4.69) is 13.8 Å². The Morgan fingerprint density at radius 1 is 0.941 bits per heavy atom. The highest BCUT2D eigenvalue weighted by Crippen LogP contribution is 2.38. The van der Waals surface area contributed by atoms with E-state index in [4.69, 9.17) is 4.74 Å². The van der Waals surface area contributed by atoms with Crippen molar-refractivity contribution in [2.45, 2.75) is 128 Å². The van der Waals surface area contributed by atoms with Crippen molar-refractivity contribution in [1.82, 2.24) is 0 Å². The summed E-state index contributed by atoms with van der Waals surface area (Å²) in [5.74, 6) is -1.07. The van der Waals surface area contributed by atoms with Gasteiger partial charge in [-0.05, 0) is 68.1 Å². The minimum Gasteiger partial charge on any atom is -0.449 e. The van der Waals surface area contributed by atoms with Gasteiger partial charge in [-0.2, -0.15) is 13.2 Å². The molecule has 0 saturated heterocycles. The molecule has 0 aliphatic heterocycles. The molecular formula is C28H42F4O2. The van der Waals surface area contributed by atoms with Crippen molar-refractivity contribution in [2.24, 2.45) is 5.92 Å². The van der Waals surface area contributed by atoms with Gasteiger partial charge < -0.3 is 4.74 Å². The van der Waals surface area contributed by atoms with Crippen LogP contribution in [-0.4, -0.2) is 18.2 Å². The van der Waals surface area contributed by atoms with Gasteiger partial charge in [-0.3, -0.25) is 0 Å². The fraction of sp³-hybridized carbons (Fsp3) is 0.750. The van der Waals surface area contributed by atoms with Crippen LogP contribution in [0.2, 0.25) is 0 Å². The van der Waals surface area contributed by atoms with E-state index in [0.717, 1.165) is 62.8 Å². The molecule has 1 atom stereocenters. The Morgan fingerprint density at radius 3 is 2.18 bits per heavy atom. The second kappa shape index (κ2) is 14.7. The van der Waals surface area contributed by atoms with Gasteiger partial charge in [0.2, 0.25) is 0 Å². The Labute approximate surface area is 202 Å². The molecule has 0 unspecified atom stereocenters. The lowest BCUT2D eigenvalue weighted by molar-refractivity contribution is -0.206. The Morgan fingerprint density at radius 2 is 1.56 bits per heavy atom. The van der Waals surface area contributed by atoms with Crippen LogP contribution in [0.25, 0.3) is 0 Å². The monoisotopic (exact) mass is 486 g/mol. The van der Waals surface area contributed by atoms with Gasteiger partial charge in [0, 0.05) is 0 Å². The van der Waals surface area contributed by atoms with Gasteiger partial charge in [0.15, 0.2) is 6.10 Å². The molecule has 6 heteroatoms. The molecule has 1 aromatic carbocycles. The van der Waals surface area contributed by atoms with E-state index in [1.54, 1.807) is 6.07 Å². The average Bonchev–Trinajstić information content (AvgIpc) is 2.80. The lowest BCUT2D eigenvalue weighted by Gasteiger charge is -2.29. The van der Waals surface area contributed by atoms with Gasteiger partial charge >= 0.3 is 12.1 Å². The van der Waals surface area contributed by atoms with Crippen molar-refractivity contribution in [3.05, 3.63) is 35.1 Å². The molecule has 0 amide bonds. The number of rotatable bonds is 14. The Kier molecular flexibility index (Phi) is 12.4. The highest BCUT2D eigenvalue weighted by molar-refractivity contribution is 5.90. The normalized spacial score (nSPS) is 19.7. The first-order valence-electron chi connectivity index (χ1n) is 13.3. The fourth-order valence-corrected chi connectivity index (χ4v) is 5.01. The molecule has 2 nitrogen and oxygen atoms in total. The molecule has 1 saturated carbocycles. The largest absolute Gasteiger partial charge is 0.449 e. The van der Waals surface area contributed by atoms with Crippen LogP contribution in [0.5, 0.6) is 0 Å². The number of benzene rings is 1. The first-order chi connectivity index (χ1) is 16.3. The van der Waals surface area contributed by atoms with Crippen molar-refractivity contribution in [1.29, 1.82) is 0 Å². The number of unbranched alkanes of at least 4 members (excludes halogenated alkanes) is 7. The minimum absolute atomic E-state index is 0.234. The molecular weight excluding hydrogens is 444 g/mol. The van der Waals surface area contributed by atoms with Crippen LogP contribution in [0.3, 0.4) is 0 Å². The van der Waals surface area contributed by atoms with Crippen LogP contribution in [-0.2, 0) is 4.74 Å². The number of hydrogen-bond donors (Lipinski definition) is 0. The van der Waals surface area contributed by atoms with Crippen LogP contribution in [0.1, 0.15) is 132 Å². The SMILES string of the molecule is CCCCCCCC[C@H](OC(=O)c1ccc(C2CCC(CCCCC)CC2)cc1F)C(F)(F)F. The molecule has 1 fully saturated rings. The van der Waals surface area contributed by atoms with Crippen LogP contribution < -0.4 is 0 Å². The lowest BCUT2D eigenvalue weighted by Crippen LogP contribution is -2.34. The molecule has 0 radical (unpaired) electrons. The Bertz CT molecular complexity index is 724. The van der Waals surface area contributed by atoms with E-state index in [9.17, 15) is 22.4 Å². The Balaban J connectivity index is 1.90. The molecule has 1 aromatic rings. The van der Waals surface area contributed by atoms with E-state index in [0.29, 0.717) is 12.8 Å².